The molecule has 1 fully saturated rings. The van der Waals surface area contributed by atoms with Crippen LogP contribution in [0.25, 0.3) is 10.9 Å². The number of nitrogens with zero attached hydrogens (tertiary/aromatic N) is 3. The average Bonchev–Trinajstić information content (AvgIpc) is 2.99. The molecule has 9 nitrogen and oxygen atoms in total. The molecule has 4 aromatic rings. The molecule has 0 spiro atoms. The van der Waals surface area contributed by atoms with Gasteiger partial charge in [0.25, 0.3) is 11.5 Å². The van der Waals surface area contributed by atoms with E-state index in [2.05, 4.69) is 10.2 Å². The molecule has 40 heavy (non-hydrogen) atoms. The number of hydrogen-bond donors (Lipinski definition) is 2. The lowest BCUT2D eigenvalue weighted by atomic mass is 10.0. The van der Waals surface area contributed by atoms with Gasteiger partial charge >= 0.3 is 6.09 Å². The summed E-state index contributed by atoms with van der Waals surface area (Å²) in [6.07, 6.45) is -0.319. The number of anilines is 1. The van der Waals surface area contributed by atoms with Gasteiger partial charge in [-0.05, 0) is 36.2 Å². The smallest absolute Gasteiger partial charge is 0.410 e. The summed E-state index contributed by atoms with van der Waals surface area (Å²) in [6, 6.07) is 24.1. The number of pyridine rings is 1. The number of carbonyl (C=O) groups excluding carboxylic acids is 2. The minimum atomic E-state index is -0.624. The number of fused-ring (bicyclic) bond motifs is 1. The maximum absolute atomic E-state index is 13.3. The number of hydrogen-bond acceptors (Lipinski definition) is 6. The molecule has 3 aromatic carbocycles. The van der Waals surface area contributed by atoms with Crippen molar-refractivity contribution in [3.05, 3.63) is 106 Å². The highest BCUT2D eigenvalue weighted by molar-refractivity contribution is 6.08. The lowest BCUT2D eigenvalue weighted by Crippen LogP contribution is -2.49. The van der Waals surface area contributed by atoms with E-state index in [-0.39, 0.29) is 24.3 Å². The van der Waals surface area contributed by atoms with Crippen LogP contribution in [-0.4, -0.2) is 52.8 Å². The normalized spacial score (nSPS) is 14.2. The van der Waals surface area contributed by atoms with Gasteiger partial charge in [-0.2, -0.15) is 0 Å². The Morgan fingerprint density at radius 3 is 2.40 bits per heavy atom. The lowest BCUT2D eigenvalue weighted by Gasteiger charge is -2.35. The molecule has 1 aliphatic rings. The van der Waals surface area contributed by atoms with E-state index in [1.165, 1.54) is 4.57 Å². The molecule has 1 saturated heterocycles. The van der Waals surface area contributed by atoms with Gasteiger partial charge in [0.05, 0.1) is 17.1 Å². The fourth-order valence-corrected chi connectivity index (χ4v) is 5.01. The molecular weight excluding hydrogens is 508 g/mol. The SMILES string of the molecule is C[C@@H](NC(=O)c1c(O)c(=O)n(C)c2ccccc12)c1cccc(N2CCN(C(=O)OCc3ccccc3)CC2)c1. The molecule has 206 valence electrons. The Hall–Kier alpha value is -4.79. The second-order valence-corrected chi connectivity index (χ2v) is 9.91. The summed E-state index contributed by atoms with van der Waals surface area (Å²) in [5.74, 6) is -1.09. The van der Waals surface area contributed by atoms with Gasteiger partial charge < -0.3 is 29.5 Å². The molecule has 0 radical (unpaired) electrons. The summed E-state index contributed by atoms with van der Waals surface area (Å²) in [7, 11) is 1.56. The van der Waals surface area contributed by atoms with Gasteiger partial charge in [-0.25, -0.2) is 4.79 Å². The number of ether oxygens (including phenoxy) is 1. The topological polar surface area (TPSA) is 104 Å². The zero-order valence-corrected chi connectivity index (χ0v) is 22.5. The van der Waals surface area contributed by atoms with E-state index >= 15 is 0 Å². The molecule has 5 rings (SSSR count). The van der Waals surface area contributed by atoms with Crippen LogP contribution in [0.3, 0.4) is 0 Å². The van der Waals surface area contributed by atoms with E-state index in [1.54, 1.807) is 36.2 Å². The molecule has 9 heteroatoms. The number of para-hydroxylation sites is 1. The highest BCUT2D eigenvalue weighted by Gasteiger charge is 2.24. The third-order valence-corrected chi connectivity index (χ3v) is 7.33. The summed E-state index contributed by atoms with van der Waals surface area (Å²) < 4.78 is 6.80. The summed E-state index contributed by atoms with van der Waals surface area (Å²) in [4.78, 5) is 42.3. The molecule has 1 aliphatic heterocycles. The summed E-state index contributed by atoms with van der Waals surface area (Å²) in [5, 5.41) is 14.0. The van der Waals surface area contributed by atoms with Crippen LogP contribution in [0.15, 0.2) is 83.7 Å². The van der Waals surface area contributed by atoms with Crippen LogP contribution < -0.4 is 15.8 Å². The van der Waals surface area contributed by atoms with Crippen LogP contribution in [0, 0.1) is 0 Å². The van der Waals surface area contributed by atoms with Crippen molar-refractivity contribution in [2.75, 3.05) is 31.1 Å². The van der Waals surface area contributed by atoms with Gasteiger partial charge in [-0.3, -0.25) is 9.59 Å². The number of piperazine rings is 1. The van der Waals surface area contributed by atoms with Crippen molar-refractivity contribution in [3.8, 4) is 5.75 Å². The second kappa shape index (κ2) is 11.5. The molecule has 0 saturated carbocycles. The van der Waals surface area contributed by atoms with E-state index in [9.17, 15) is 19.5 Å². The molecule has 2 N–H and O–H groups in total. The second-order valence-electron chi connectivity index (χ2n) is 9.91. The van der Waals surface area contributed by atoms with E-state index in [0.717, 1.165) is 16.8 Å². The molecule has 2 amide bonds. The van der Waals surface area contributed by atoms with Gasteiger partial charge in [-0.1, -0.05) is 60.7 Å². The van der Waals surface area contributed by atoms with Crippen molar-refractivity contribution in [2.24, 2.45) is 7.05 Å². The molecule has 2 heterocycles. The molecule has 0 unspecified atom stereocenters. The fraction of sp³-hybridized carbons (Fsp3) is 0.258. The van der Waals surface area contributed by atoms with E-state index in [0.29, 0.717) is 37.1 Å². The number of carbonyl (C=O) groups is 2. The van der Waals surface area contributed by atoms with Crippen LogP contribution in [-0.2, 0) is 18.4 Å². The number of aromatic hydroxyl groups is 1. The number of benzene rings is 3. The number of nitrogens with one attached hydrogen (secondary N) is 1. The molecule has 1 aromatic heterocycles. The predicted octanol–water partition coefficient (Wildman–Crippen LogP) is 4.19. The Labute approximate surface area is 232 Å². The van der Waals surface area contributed by atoms with Gasteiger partial charge in [-0.15, -0.1) is 0 Å². The molecular formula is C31H32N4O5. The van der Waals surface area contributed by atoms with Crippen LogP contribution >= 0.6 is 0 Å². The van der Waals surface area contributed by atoms with Gasteiger partial charge in [0.15, 0.2) is 5.75 Å². The Bertz CT molecular complexity index is 1590. The first-order chi connectivity index (χ1) is 19.3. The Morgan fingerprint density at radius 2 is 1.65 bits per heavy atom. The van der Waals surface area contributed by atoms with Crippen LogP contribution in [0.2, 0.25) is 0 Å². The third-order valence-electron chi connectivity index (χ3n) is 7.33. The predicted molar refractivity (Wildman–Crippen MR) is 154 cm³/mol. The quantitative estimate of drug-likeness (QED) is 0.380. The summed E-state index contributed by atoms with van der Waals surface area (Å²) in [5.41, 5.74) is 2.72. The highest BCUT2D eigenvalue weighted by atomic mass is 16.6. The number of aryl methyl sites for hydroxylation is 1. The molecule has 1 atom stereocenters. The standard InChI is InChI=1S/C31H32N4O5/c1-21(32-29(37)27-25-13-6-7-14-26(25)33(2)30(38)28(27)36)23-11-8-12-24(19-23)34-15-17-35(18-16-34)31(39)40-20-22-9-4-3-5-10-22/h3-14,19,21,36H,15-18,20H2,1-2H3,(H,32,37)/t21-/m1/s1. The van der Waals surface area contributed by atoms with Crippen molar-refractivity contribution >= 4 is 28.6 Å². The van der Waals surface area contributed by atoms with E-state index < -0.39 is 17.2 Å². The first-order valence-corrected chi connectivity index (χ1v) is 13.3. The van der Waals surface area contributed by atoms with Crippen molar-refractivity contribution in [1.29, 1.82) is 0 Å². The fourth-order valence-electron chi connectivity index (χ4n) is 5.01. The van der Waals surface area contributed by atoms with Gasteiger partial charge in [0, 0.05) is 44.3 Å². The van der Waals surface area contributed by atoms with Crippen molar-refractivity contribution in [1.82, 2.24) is 14.8 Å². The van der Waals surface area contributed by atoms with E-state index in [4.69, 9.17) is 4.74 Å². The van der Waals surface area contributed by atoms with Gasteiger partial charge in [0.2, 0.25) is 0 Å². The van der Waals surface area contributed by atoms with Crippen molar-refractivity contribution in [3.63, 3.8) is 0 Å². The number of rotatable bonds is 6. The van der Waals surface area contributed by atoms with E-state index in [1.807, 2.05) is 61.5 Å². The first kappa shape index (κ1) is 26.8. The summed E-state index contributed by atoms with van der Waals surface area (Å²) in [6.45, 7) is 4.49. The number of amides is 2. The Morgan fingerprint density at radius 1 is 0.950 bits per heavy atom. The molecule has 0 aliphatic carbocycles. The van der Waals surface area contributed by atoms with Crippen LogP contribution in [0.1, 0.15) is 34.5 Å². The number of aromatic nitrogens is 1. The maximum atomic E-state index is 13.3. The minimum Gasteiger partial charge on any atom is -0.502 e. The Kier molecular flexibility index (Phi) is 7.72. The van der Waals surface area contributed by atoms with Crippen LogP contribution in [0.5, 0.6) is 5.75 Å². The molecule has 0 bridgehead atoms. The van der Waals surface area contributed by atoms with Crippen molar-refractivity contribution in [2.45, 2.75) is 19.6 Å². The Balaban J connectivity index is 1.23. The zero-order chi connectivity index (χ0) is 28.2. The third kappa shape index (κ3) is 5.49. The van der Waals surface area contributed by atoms with Gasteiger partial charge in [0.1, 0.15) is 6.61 Å². The average molecular weight is 541 g/mol. The monoisotopic (exact) mass is 540 g/mol. The lowest BCUT2D eigenvalue weighted by molar-refractivity contribution is 0.0933. The summed E-state index contributed by atoms with van der Waals surface area (Å²) >= 11 is 0. The minimum absolute atomic E-state index is 0.0306. The maximum Gasteiger partial charge on any atom is 0.410 e. The largest absolute Gasteiger partial charge is 0.502 e. The van der Waals surface area contributed by atoms with Crippen molar-refractivity contribution < 1.29 is 19.4 Å². The zero-order valence-electron chi connectivity index (χ0n) is 22.5. The first-order valence-electron chi connectivity index (χ1n) is 13.3. The van der Waals surface area contributed by atoms with Crippen LogP contribution in [0.4, 0.5) is 10.5 Å². The highest BCUT2D eigenvalue weighted by Crippen LogP contribution is 2.26.